The summed E-state index contributed by atoms with van der Waals surface area (Å²) >= 11 is 1.43. The first-order chi connectivity index (χ1) is 10.3. The molecule has 0 radical (unpaired) electrons. The van der Waals surface area contributed by atoms with Crippen molar-refractivity contribution in [3.8, 4) is 11.8 Å². The highest BCUT2D eigenvalue weighted by Gasteiger charge is 2.24. The summed E-state index contributed by atoms with van der Waals surface area (Å²) in [7, 11) is 0. The van der Waals surface area contributed by atoms with Crippen LogP contribution in [0.15, 0.2) is 36.4 Å². The third-order valence-corrected chi connectivity index (χ3v) is 4.47. The topological polar surface area (TPSA) is 46.3 Å². The molecule has 1 aliphatic rings. The van der Waals surface area contributed by atoms with Gasteiger partial charge in [-0.2, -0.15) is 0 Å². The number of hydrogen-bond acceptors (Lipinski definition) is 3. The highest BCUT2D eigenvalue weighted by atomic mass is 32.1. The minimum Gasteiger partial charge on any atom is -0.320 e. The van der Waals surface area contributed by atoms with Crippen molar-refractivity contribution in [3.05, 3.63) is 51.7 Å². The molecule has 2 aromatic rings. The molecule has 0 spiro atoms. The van der Waals surface area contributed by atoms with Gasteiger partial charge in [-0.3, -0.25) is 4.79 Å². The first-order valence-corrected chi connectivity index (χ1v) is 7.80. The molecular formula is C17H16N2OS. The number of amides is 1. The second-order valence-electron chi connectivity index (χ2n) is 4.86. The second kappa shape index (κ2) is 6.13. The molecule has 0 bridgehead atoms. The largest absolute Gasteiger partial charge is 0.320 e. The normalized spacial score (nSPS) is 13.3. The molecule has 0 saturated heterocycles. The van der Waals surface area contributed by atoms with Gasteiger partial charge in [-0.25, -0.2) is 0 Å². The van der Waals surface area contributed by atoms with Crippen LogP contribution in [0.25, 0.3) is 0 Å². The molecule has 0 atom stereocenters. The molecule has 0 fully saturated rings. The zero-order valence-corrected chi connectivity index (χ0v) is 12.5. The van der Waals surface area contributed by atoms with Crippen molar-refractivity contribution in [3.63, 3.8) is 0 Å². The molecular weight excluding hydrogens is 280 g/mol. The molecule has 3 nitrogen and oxygen atoms in total. The van der Waals surface area contributed by atoms with E-state index in [1.165, 1.54) is 16.9 Å². The van der Waals surface area contributed by atoms with Crippen LogP contribution in [-0.2, 0) is 6.42 Å². The SMILES string of the molecule is NCC#Cc1ccc(C(=O)N2CCCc3ccccc32)s1. The van der Waals surface area contributed by atoms with E-state index in [2.05, 4.69) is 17.9 Å². The van der Waals surface area contributed by atoms with Crippen LogP contribution in [-0.4, -0.2) is 19.0 Å². The molecule has 1 aromatic heterocycles. The summed E-state index contributed by atoms with van der Waals surface area (Å²) in [6, 6.07) is 11.9. The molecule has 2 heterocycles. The van der Waals surface area contributed by atoms with Gasteiger partial charge in [-0.15, -0.1) is 11.3 Å². The average Bonchev–Trinajstić information content (AvgIpc) is 3.00. The lowest BCUT2D eigenvalue weighted by atomic mass is 10.0. The predicted octanol–water partition coefficient (Wildman–Crippen LogP) is 2.65. The molecule has 106 valence electrons. The van der Waals surface area contributed by atoms with Crippen LogP contribution in [0, 0.1) is 11.8 Å². The highest BCUT2D eigenvalue weighted by Crippen LogP contribution is 2.29. The van der Waals surface area contributed by atoms with Crippen LogP contribution in [0.4, 0.5) is 5.69 Å². The van der Waals surface area contributed by atoms with Crippen LogP contribution in [0.1, 0.15) is 26.5 Å². The van der Waals surface area contributed by atoms with Gasteiger partial charge in [0.05, 0.1) is 16.3 Å². The Hall–Kier alpha value is -2.09. The van der Waals surface area contributed by atoms with E-state index in [-0.39, 0.29) is 5.91 Å². The number of para-hydroxylation sites is 1. The van der Waals surface area contributed by atoms with Gasteiger partial charge in [-0.1, -0.05) is 30.0 Å². The van der Waals surface area contributed by atoms with E-state index < -0.39 is 0 Å². The van der Waals surface area contributed by atoms with Gasteiger partial charge in [0.1, 0.15) is 0 Å². The summed E-state index contributed by atoms with van der Waals surface area (Å²) in [5.41, 5.74) is 7.65. The fourth-order valence-corrected chi connectivity index (χ4v) is 3.37. The first-order valence-electron chi connectivity index (χ1n) is 6.98. The Bertz CT molecular complexity index is 724. The Balaban J connectivity index is 1.88. The number of nitrogens with two attached hydrogens (primary N) is 1. The maximum absolute atomic E-state index is 12.7. The van der Waals surface area contributed by atoms with Gasteiger partial charge >= 0.3 is 0 Å². The minimum atomic E-state index is 0.0629. The lowest BCUT2D eigenvalue weighted by Gasteiger charge is -2.29. The third kappa shape index (κ3) is 2.85. The Morgan fingerprint density at radius 1 is 1.29 bits per heavy atom. The van der Waals surface area contributed by atoms with Crippen molar-refractivity contribution in [2.75, 3.05) is 18.0 Å². The van der Waals surface area contributed by atoms with Crippen LogP contribution >= 0.6 is 11.3 Å². The van der Waals surface area contributed by atoms with E-state index in [0.29, 0.717) is 6.54 Å². The summed E-state index contributed by atoms with van der Waals surface area (Å²) in [4.78, 5) is 16.2. The Kier molecular flexibility index (Phi) is 4.05. The number of rotatable bonds is 1. The van der Waals surface area contributed by atoms with E-state index in [9.17, 15) is 4.79 Å². The van der Waals surface area contributed by atoms with E-state index in [1.54, 1.807) is 0 Å². The Morgan fingerprint density at radius 2 is 2.14 bits per heavy atom. The van der Waals surface area contributed by atoms with Crippen molar-refractivity contribution in [2.24, 2.45) is 5.73 Å². The van der Waals surface area contributed by atoms with Crippen LogP contribution < -0.4 is 10.6 Å². The molecule has 21 heavy (non-hydrogen) atoms. The number of hydrogen-bond donors (Lipinski definition) is 1. The van der Waals surface area contributed by atoms with E-state index in [1.807, 2.05) is 35.2 Å². The van der Waals surface area contributed by atoms with Crippen molar-refractivity contribution in [1.82, 2.24) is 0 Å². The summed E-state index contributed by atoms with van der Waals surface area (Å²) in [5.74, 6) is 5.85. The van der Waals surface area contributed by atoms with Crippen molar-refractivity contribution in [2.45, 2.75) is 12.8 Å². The van der Waals surface area contributed by atoms with Gasteiger partial charge in [0.2, 0.25) is 0 Å². The van der Waals surface area contributed by atoms with E-state index >= 15 is 0 Å². The Morgan fingerprint density at radius 3 is 3.00 bits per heavy atom. The van der Waals surface area contributed by atoms with Crippen molar-refractivity contribution >= 4 is 22.9 Å². The number of carbonyl (C=O) groups excluding carboxylic acids is 1. The smallest absolute Gasteiger partial charge is 0.268 e. The van der Waals surface area contributed by atoms with Crippen LogP contribution in [0.3, 0.4) is 0 Å². The number of nitrogens with zero attached hydrogens (tertiary/aromatic N) is 1. The van der Waals surface area contributed by atoms with Gasteiger partial charge in [-0.05, 0) is 36.6 Å². The van der Waals surface area contributed by atoms with Gasteiger partial charge in [0.15, 0.2) is 0 Å². The van der Waals surface area contributed by atoms with Gasteiger partial charge in [0.25, 0.3) is 5.91 Å². The maximum Gasteiger partial charge on any atom is 0.268 e. The summed E-state index contributed by atoms with van der Waals surface area (Å²) in [5, 5.41) is 0. The molecule has 2 N–H and O–H groups in total. The fourth-order valence-electron chi connectivity index (χ4n) is 2.54. The lowest BCUT2D eigenvalue weighted by Crippen LogP contribution is -2.34. The number of aryl methyl sites for hydroxylation is 1. The molecule has 1 amide bonds. The fraction of sp³-hybridized carbons (Fsp3) is 0.235. The van der Waals surface area contributed by atoms with Crippen molar-refractivity contribution in [1.29, 1.82) is 0 Å². The first kappa shape index (κ1) is 13.9. The summed E-state index contributed by atoms with van der Waals surface area (Å²) < 4.78 is 0. The third-order valence-electron chi connectivity index (χ3n) is 3.49. The average molecular weight is 296 g/mol. The Labute approximate surface area is 128 Å². The molecule has 1 aliphatic heterocycles. The standard InChI is InChI=1S/C17H16N2OS/c18-11-3-7-14-9-10-16(21-14)17(20)19-12-4-6-13-5-1-2-8-15(13)19/h1-2,5,8-10H,4,6,11-12,18H2. The minimum absolute atomic E-state index is 0.0629. The molecule has 0 aliphatic carbocycles. The zero-order valence-electron chi connectivity index (χ0n) is 11.6. The van der Waals surface area contributed by atoms with Crippen molar-refractivity contribution < 1.29 is 4.79 Å². The van der Waals surface area contributed by atoms with E-state index in [4.69, 9.17) is 5.73 Å². The number of carbonyl (C=O) groups is 1. The quantitative estimate of drug-likeness (QED) is 0.822. The predicted molar refractivity (Wildman–Crippen MR) is 86.7 cm³/mol. The second-order valence-corrected chi connectivity index (χ2v) is 5.94. The number of thiophene rings is 1. The molecule has 0 unspecified atom stereocenters. The highest BCUT2D eigenvalue weighted by molar-refractivity contribution is 7.14. The zero-order chi connectivity index (χ0) is 14.7. The van der Waals surface area contributed by atoms with E-state index in [0.717, 1.165) is 34.8 Å². The number of anilines is 1. The molecule has 1 aromatic carbocycles. The van der Waals surface area contributed by atoms with Gasteiger partial charge < -0.3 is 10.6 Å². The lowest BCUT2D eigenvalue weighted by molar-refractivity contribution is 0.0989. The molecule has 3 rings (SSSR count). The maximum atomic E-state index is 12.7. The monoisotopic (exact) mass is 296 g/mol. The summed E-state index contributed by atoms with van der Waals surface area (Å²) in [6.45, 7) is 1.11. The summed E-state index contributed by atoms with van der Waals surface area (Å²) in [6.07, 6.45) is 2.05. The van der Waals surface area contributed by atoms with Gasteiger partial charge in [0, 0.05) is 12.2 Å². The van der Waals surface area contributed by atoms with Crippen LogP contribution in [0.5, 0.6) is 0 Å². The van der Waals surface area contributed by atoms with Crippen LogP contribution in [0.2, 0.25) is 0 Å². The number of benzene rings is 1. The molecule has 4 heteroatoms. The molecule has 0 saturated carbocycles. The number of fused-ring (bicyclic) bond motifs is 1.